The Bertz CT molecular complexity index is 521. The predicted molar refractivity (Wildman–Crippen MR) is 76.6 cm³/mol. The van der Waals surface area contributed by atoms with Crippen LogP contribution in [0.5, 0.6) is 0 Å². The molecule has 0 aromatic carbocycles. The van der Waals surface area contributed by atoms with E-state index >= 15 is 0 Å². The average Bonchev–Trinajstić information content (AvgIpc) is 3.07. The van der Waals surface area contributed by atoms with E-state index in [2.05, 4.69) is 9.62 Å². The maximum atomic E-state index is 12.0. The Labute approximate surface area is 120 Å². The van der Waals surface area contributed by atoms with Gasteiger partial charge >= 0.3 is 0 Å². The molecular weight excluding hydrogens is 278 g/mol. The number of nitrogens with zero attached hydrogens (tertiary/aromatic N) is 1. The summed E-state index contributed by atoms with van der Waals surface area (Å²) in [6.45, 7) is 5.83. The Morgan fingerprint density at radius 3 is 2.70 bits per heavy atom. The van der Waals surface area contributed by atoms with Crippen LogP contribution in [0.4, 0.5) is 0 Å². The molecule has 1 atom stereocenters. The van der Waals surface area contributed by atoms with Gasteiger partial charge in [-0.1, -0.05) is 6.92 Å². The summed E-state index contributed by atoms with van der Waals surface area (Å²) in [7, 11) is -3.57. The number of hydrogen-bond acceptors (Lipinski definition) is 5. The lowest BCUT2D eigenvalue weighted by Gasteiger charge is -2.20. The first-order chi connectivity index (χ1) is 9.51. The highest BCUT2D eigenvalue weighted by atomic mass is 32.2. The van der Waals surface area contributed by atoms with Crippen LogP contribution in [0.3, 0.4) is 0 Å². The SMILES string of the molecule is CC(CNS(=O)(=O)c1ccc(CN)o1)CN1CCCC1. The molecule has 0 aliphatic carbocycles. The summed E-state index contributed by atoms with van der Waals surface area (Å²) < 4.78 is 31.9. The molecule has 20 heavy (non-hydrogen) atoms. The second-order valence-corrected chi connectivity index (χ2v) is 7.09. The largest absolute Gasteiger partial charge is 0.447 e. The smallest absolute Gasteiger partial charge is 0.273 e. The Hall–Kier alpha value is -0.890. The van der Waals surface area contributed by atoms with E-state index in [0.29, 0.717) is 12.3 Å². The van der Waals surface area contributed by atoms with E-state index in [4.69, 9.17) is 10.2 Å². The molecule has 0 amide bonds. The molecule has 0 radical (unpaired) electrons. The molecule has 2 rings (SSSR count). The van der Waals surface area contributed by atoms with Crippen molar-refractivity contribution in [2.45, 2.75) is 31.4 Å². The highest BCUT2D eigenvalue weighted by Gasteiger charge is 2.20. The van der Waals surface area contributed by atoms with E-state index in [1.807, 2.05) is 6.92 Å². The van der Waals surface area contributed by atoms with Gasteiger partial charge in [0.05, 0.1) is 6.54 Å². The summed E-state index contributed by atoms with van der Waals surface area (Å²) >= 11 is 0. The molecule has 2 heterocycles. The number of nitrogens with two attached hydrogens (primary N) is 1. The lowest BCUT2D eigenvalue weighted by molar-refractivity contribution is 0.288. The van der Waals surface area contributed by atoms with Gasteiger partial charge in [0.15, 0.2) is 0 Å². The molecular formula is C13H23N3O3S. The van der Waals surface area contributed by atoms with E-state index < -0.39 is 10.0 Å². The lowest BCUT2D eigenvalue weighted by atomic mass is 10.2. The summed E-state index contributed by atoms with van der Waals surface area (Å²) in [5, 5.41) is -0.0636. The third-order valence-electron chi connectivity index (χ3n) is 3.49. The molecule has 1 unspecified atom stereocenters. The third-order valence-corrected chi connectivity index (χ3v) is 4.79. The summed E-state index contributed by atoms with van der Waals surface area (Å²) in [6, 6.07) is 3.03. The number of nitrogens with one attached hydrogen (secondary N) is 1. The lowest BCUT2D eigenvalue weighted by Crippen LogP contribution is -2.34. The zero-order valence-electron chi connectivity index (χ0n) is 11.8. The number of furan rings is 1. The summed E-state index contributed by atoms with van der Waals surface area (Å²) in [6.07, 6.45) is 2.49. The van der Waals surface area contributed by atoms with Crippen molar-refractivity contribution in [2.24, 2.45) is 11.7 Å². The molecule has 1 aromatic heterocycles. The van der Waals surface area contributed by atoms with Crippen molar-refractivity contribution < 1.29 is 12.8 Å². The van der Waals surface area contributed by atoms with Crippen LogP contribution in [0.2, 0.25) is 0 Å². The molecule has 7 heteroatoms. The molecule has 1 fully saturated rings. The van der Waals surface area contributed by atoms with E-state index in [-0.39, 0.29) is 17.6 Å². The molecule has 1 aliphatic heterocycles. The Kier molecular flexibility index (Phi) is 5.20. The van der Waals surface area contributed by atoms with Crippen LogP contribution in [0.15, 0.2) is 21.6 Å². The third kappa shape index (κ3) is 4.05. The monoisotopic (exact) mass is 301 g/mol. The minimum absolute atomic E-state index is 0.0636. The van der Waals surface area contributed by atoms with Crippen molar-refractivity contribution in [3.05, 3.63) is 17.9 Å². The minimum atomic E-state index is -3.57. The van der Waals surface area contributed by atoms with Gasteiger partial charge in [-0.15, -0.1) is 0 Å². The summed E-state index contributed by atoms with van der Waals surface area (Å²) in [5.41, 5.74) is 5.41. The van der Waals surface area contributed by atoms with Gasteiger partial charge in [-0.05, 0) is 44.0 Å². The van der Waals surface area contributed by atoms with E-state index in [0.717, 1.165) is 19.6 Å². The highest BCUT2D eigenvalue weighted by Crippen LogP contribution is 2.14. The van der Waals surface area contributed by atoms with Gasteiger partial charge in [-0.3, -0.25) is 0 Å². The molecule has 1 aromatic rings. The molecule has 0 saturated carbocycles. The normalized spacial score (nSPS) is 18.5. The quantitative estimate of drug-likeness (QED) is 0.776. The van der Waals surface area contributed by atoms with Crippen molar-refractivity contribution in [3.8, 4) is 0 Å². The van der Waals surface area contributed by atoms with Crippen molar-refractivity contribution in [2.75, 3.05) is 26.2 Å². The number of hydrogen-bond donors (Lipinski definition) is 2. The predicted octanol–water partition coefficient (Wildman–Crippen LogP) is 0.748. The van der Waals surface area contributed by atoms with Gasteiger partial charge in [-0.2, -0.15) is 0 Å². The zero-order chi connectivity index (χ0) is 14.6. The van der Waals surface area contributed by atoms with Crippen LogP contribution in [-0.4, -0.2) is 39.5 Å². The minimum Gasteiger partial charge on any atom is -0.447 e. The van der Waals surface area contributed by atoms with Crippen molar-refractivity contribution in [1.29, 1.82) is 0 Å². The van der Waals surface area contributed by atoms with Gasteiger partial charge in [0.2, 0.25) is 5.09 Å². The maximum Gasteiger partial charge on any atom is 0.273 e. The fraction of sp³-hybridized carbons (Fsp3) is 0.692. The van der Waals surface area contributed by atoms with Gasteiger partial charge < -0.3 is 15.1 Å². The number of likely N-dealkylation sites (tertiary alicyclic amines) is 1. The first-order valence-corrected chi connectivity index (χ1v) is 8.50. The van der Waals surface area contributed by atoms with E-state index in [1.165, 1.54) is 18.9 Å². The molecule has 114 valence electrons. The van der Waals surface area contributed by atoms with Crippen molar-refractivity contribution >= 4 is 10.0 Å². The Morgan fingerprint density at radius 1 is 1.40 bits per heavy atom. The van der Waals surface area contributed by atoms with Gasteiger partial charge in [0.1, 0.15) is 5.76 Å². The fourth-order valence-electron chi connectivity index (χ4n) is 2.41. The second kappa shape index (κ2) is 6.71. The highest BCUT2D eigenvalue weighted by molar-refractivity contribution is 7.89. The van der Waals surface area contributed by atoms with Crippen molar-refractivity contribution in [1.82, 2.24) is 9.62 Å². The Balaban J connectivity index is 1.85. The number of rotatable bonds is 7. The summed E-state index contributed by atoms with van der Waals surface area (Å²) in [5.74, 6) is 0.738. The van der Waals surface area contributed by atoms with Crippen LogP contribution >= 0.6 is 0 Å². The molecule has 1 aliphatic rings. The first-order valence-electron chi connectivity index (χ1n) is 7.02. The molecule has 3 N–H and O–H groups in total. The molecule has 6 nitrogen and oxygen atoms in total. The Morgan fingerprint density at radius 2 is 2.10 bits per heavy atom. The van der Waals surface area contributed by atoms with Gasteiger partial charge in [0, 0.05) is 13.1 Å². The van der Waals surface area contributed by atoms with Gasteiger partial charge in [-0.25, -0.2) is 13.1 Å². The van der Waals surface area contributed by atoms with Crippen molar-refractivity contribution in [3.63, 3.8) is 0 Å². The summed E-state index contributed by atoms with van der Waals surface area (Å²) in [4.78, 5) is 2.37. The van der Waals surface area contributed by atoms with Gasteiger partial charge in [0.25, 0.3) is 10.0 Å². The van der Waals surface area contributed by atoms with Crippen LogP contribution in [0, 0.1) is 5.92 Å². The average molecular weight is 301 g/mol. The molecule has 0 bridgehead atoms. The maximum absolute atomic E-state index is 12.0. The van der Waals surface area contributed by atoms with Crippen LogP contribution < -0.4 is 10.5 Å². The molecule has 1 saturated heterocycles. The van der Waals surface area contributed by atoms with Crippen LogP contribution in [0.1, 0.15) is 25.5 Å². The second-order valence-electron chi connectivity index (χ2n) is 5.39. The van der Waals surface area contributed by atoms with E-state index in [1.54, 1.807) is 6.07 Å². The topological polar surface area (TPSA) is 88.6 Å². The molecule has 0 spiro atoms. The fourth-order valence-corrected chi connectivity index (χ4v) is 3.52. The van der Waals surface area contributed by atoms with E-state index in [9.17, 15) is 8.42 Å². The van der Waals surface area contributed by atoms with Crippen LogP contribution in [0.25, 0.3) is 0 Å². The van der Waals surface area contributed by atoms with Crippen LogP contribution in [-0.2, 0) is 16.6 Å². The zero-order valence-corrected chi connectivity index (χ0v) is 12.7. The standard InChI is InChI=1S/C13H23N3O3S/c1-11(10-16-6-2-3-7-16)9-15-20(17,18)13-5-4-12(8-14)19-13/h4-5,11,15H,2-3,6-10,14H2,1H3. The number of sulfonamides is 1. The first kappa shape index (κ1) is 15.5.